The molecular weight excluding hydrogens is 360 g/mol. The fourth-order valence-corrected chi connectivity index (χ4v) is 3.16. The molecule has 1 amide bonds. The summed E-state index contributed by atoms with van der Waals surface area (Å²) in [5.74, 6) is 0.230. The number of carbonyl (C=O) groups is 1. The lowest BCUT2D eigenvalue weighted by Crippen LogP contribution is -2.20. The molecule has 3 aromatic rings. The molecule has 3 rings (SSSR count). The highest BCUT2D eigenvalue weighted by Gasteiger charge is 2.19. The van der Waals surface area contributed by atoms with Crippen LogP contribution in [0.25, 0.3) is 0 Å². The number of benzene rings is 2. The second-order valence-corrected chi connectivity index (χ2v) is 8.13. The SMILES string of the molecule is Cc1cc(C(=O)Nc2ccccc2C(C)(C)C)nc(NCCc2ccccc2)n1. The Morgan fingerprint density at radius 3 is 2.38 bits per heavy atom. The molecule has 2 N–H and O–H groups in total. The molecule has 0 aliphatic carbocycles. The highest BCUT2D eigenvalue weighted by atomic mass is 16.1. The van der Waals surface area contributed by atoms with E-state index >= 15 is 0 Å². The predicted octanol–water partition coefficient (Wildman–Crippen LogP) is 4.99. The van der Waals surface area contributed by atoms with Crippen molar-refractivity contribution in [3.63, 3.8) is 0 Å². The molecule has 150 valence electrons. The van der Waals surface area contributed by atoms with Gasteiger partial charge in [-0.2, -0.15) is 0 Å². The van der Waals surface area contributed by atoms with E-state index in [-0.39, 0.29) is 11.3 Å². The van der Waals surface area contributed by atoms with Crippen LogP contribution in [0, 0.1) is 6.92 Å². The van der Waals surface area contributed by atoms with Gasteiger partial charge >= 0.3 is 0 Å². The first-order valence-electron chi connectivity index (χ1n) is 9.87. The van der Waals surface area contributed by atoms with Crippen molar-refractivity contribution in [3.8, 4) is 0 Å². The summed E-state index contributed by atoms with van der Waals surface area (Å²) in [5, 5.41) is 6.24. The van der Waals surface area contributed by atoms with Crippen molar-refractivity contribution in [3.05, 3.63) is 83.2 Å². The molecule has 0 aliphatic heterocycles. The Balaban J connectivity index is 1.72. The van der Waals surface area contributed by atoms with Gasteiger partial charge in [0.15, 0.2) is 0 Å². The van der Waals surface area contributed by atoms with Crippen LogP contribution in [0.5, 0.6) is 0 Å². The number of hydrogen-bond donors (Lipinski definition) is 2. The monoisotopic (exact) mass is 388 g/mol. The average Bonchev–Trinajstić information content (AvgIpc) is 2.68. The molecule has 0 spiro atoms. The van der Waals surface area contributed by atoms with Crippen LogP contribution in [0.2, 0.25) is 0 Å². The van der Waals surface area contributed by atoms with E-state index in [0.717, 1.165) is 23.4 Å². The van der Waals surface area contributed by atoms with Gasteiger partial charge in [0.1, 0.15) is 5.69 Å². The van der Waals surface area contributed by atoms with E-state index < -0.39 is 0 Å². The molecule has 1 heterocycles. The molecule has 0 atom stereocenters. The third-order valence-electron chi connectivity index (χ3n) is 4.61. The van der Waals surface area contributed by atoms with Crippen LogP contribution in [0.3, 0.4) is 0 Å². The van der Waals surface area contributed by atoms with Gasteiger partial charge in [0.05, 0.1) is 0 Å². The van der Waals surface area contributed by atoms with Gasteiger partial charge in [-0.25, -0.2) is 9.97 Å². The summed E-state index contributed by atoms with van der Waals surface area (Å²) < 4.78 is 0. The lowest BCUT2D eigenvalue weighted by Gasteiger charge is -2.23. The Hall–Kier alpha value is -3.21. The van der Waals surface area contributed by atoms with Crippen LogP contribution in [0.1, 0.15) is 48.1 Å². The highest BCUT2D eigenvalue weighted by Crippen LogP contribution is 2.29. The number of aryl methyl sites for hydroxylation is 1. The quantitative estimate of drug-likeness (QED) is 0.624. The second kappa shape index (κ2) is 8.86. The highest BCUT2D eigenvalue weighted by molar-refractivity contribution is 6.03. The van der Waals surface area contributed by atoms with Crippen molar-refractivity contribution in [1.29, 1.82) is 0 Å². The van der Waals surface area contributed by atoms with Gasteiger partial charge in [-0.3, -0.25) is 4.79 Å². The standard InChI is InChI=1S/C24H28N4O/c1-17-16-21(22(29)27-20-13-9-8-12-19(20)24(2,3)4)28-23(26-17)25-15-14-18-10-6-5-7-11-18/h5-13,16H,14-15H2,1-4H3,(H,27,29)(H,25,26,28). The smallest absolute Gasteiger partial charge is 0.274 e. The third-order valence-corrected chi connectivity index (χ3v) is 4.61. The van der Waals surface area contributed by atoms with Gasteiger partial charge in [-0.1, -0.05) is 69.3 Å². The fourth-order valence-electron chi connectivity index (χ4n) is 3.16. The van der Waals surface area contributed by atoms with Crippen molar-refractivity contribution < 1.29 is 4.79 Å². The van der Waals surface area contributed by atoms with E-state index in [0.29, 0.717) is 18.2 Å². The summed E-state index contributed by atoms with van der Waals surface area (Å²) in [6.07, 6.45) is 0.860. The van der Waals surface area contributed by atoms with Gasteiger partial charge in [-0.15, -0.1) is 0 Å². The van der Waals surface area contributed by atoms with E-state index in [1.165, 1.54) is 5.56 Å². The molecule has 0 saturated heterocycles. The van der Waals surface area contributed by atoms with Crippen molar-refractivity contribution in [2.75, 3.05) is 17.2 Å². The minimum Gasteiger partial charge on any atom is -0.354 e. The Labute approximate surface area is 172 Å². The first-order chi connectivity index (χ1) is 13.8. The molecule has 0 aliphatic rings. The van der Waals surface area contributed by atoms with Crippen LogP contribution < -0.4 is 10.6 Å². The molecule has 0 fully saturated rings. The Morgan fingerprint density at radius 1 is 0.966 bits per heavy atom. The van der Waals surface area contributed by atoms with Crippen molar-refractivity contribution in [2.24, 2.45) is 0 Å². The Bertz CT molecular complexity index is 978. The van der Waals surface area contributed by atoms with Gasteiger partial charge in [0.25, 0.3) is 5.91 Å². The third kappa shape index (κ3) is 5.64. The van der Waals surface area contributed by atoms with Crippen LogP contribution in [0.4, 0.5) is 11.6 Å². The lowest BCUT2D eigenvalue weighted by atomic mass is 9.86. The average molecular weight is 389 g/mol. The predicted molar refractivity (Wildman–Crippen MR) is 118 cm³/mol. The summed E-state index contributed by atoms with van der Waals surface area (Å²) >= 11 is 0. The summed E-state index contributed by atoms with van der Waals surface area (Å²) in [7, 11) is 0. The van der Waals surface area contributed by atoms with Crippen LogP contribution >= 0.6 is 0 Å². The molecule has 0 saturated carbocycles. The van der Waals surface area contributed by atoms with E-state index in [4.69, 9.17) is 0 Å². The first kappa shape index (κ1) is 20.5. The van der Waals surface area contributed by atoms with Crippen molar-refractivity contribution >= 4 is 17.5 Å². The molecule has 5 heteroatoms. The fraction of sp³-hybridized carbons (Fsp3) is 0.292. The number of aromatic nitrogens is 2. The maximum atomic E-state index is 12.9. The molecule has 29 heavy (non-hydrogen) atoms. The Kier molecular flexibility index (Phi) is 6.27. The van der Waals surface area contributed by atoms with Gasteiger partial charge in [0, 0.05) is 17.9 Å². The maximum Gasteiger partial charge on any atom is 0.274 e. The zero-order valence-corrected chi connectivity index (χ0v) is 17.5. The lowest BCUT2D eigenvalue weighted by molar-refractivity contribution is 0.102. The van der Waals surface area contributed by atoms with E-state index in [9.17, 15) is 4.79 Å². The van der Waals surface area contributed by atoms with Crippen LogP contribution in [0.15, 0.2) is 60.7 Å². The first-order valence-corrected chi connectivity index (χ1v) is 9.87. The summed E-state index contributed by atoms with van der Waals surface area (Å²) in [5.41, 5.74) is 4.15. The van der Waals surface area contributed by atoms with Crippen LogP contribution in [-0.2, 0) is 11.8 Å². The van der Waals surface area contributed by atoms with Gasteiger partial charge in [-0.05, 0) is 42.0 Å². The van der Waals surface area contributed by atoms with Crippen LogP contribution in [-0.4, -0.2) is 22.4 Å². The second-order valence-electron chi connectivity index (χ2n) is 8.13. The molecular formula is C24H28N4O. The number of para-hydroxylation sites is 1. The topological polar surface area (TPSA) is 66.9 Å². The number of amides is 1. The number of nitrogens with one attached hydrogen (secondary N) is 2. The zero-order valence-electron chi connectivity index (χ0n) is 17.5. The number of hydrogen-bond acceptors (Lipinski definition) is 4. The molecule has 5 nitrogen and oxygen atoms in total. The number of anilines is 2. The summed E-state index contributed by atoms with van der Waals surface area (Å²) in [6, 6.07) is 19.8. The van der Waals surface area contributed by atoms with Gasteiger partial charge < -0.3 is 10.6 Å². The normalized spacial score (nSPS) is 11.2. The Morgan fingerprint density at radius 2 is 1.66 bits per heavy atom. The molecule has 1 aromatic heterocycles. The van der Waals surface area contributed by atoms with E-state index in [1.807, 2.05) is 49.4 Å². The number of rotatable bonds is 6. The summed E-state index contributed by atoms with van der Waals surface area (Å²) in [4.78, 5) is 21.7. The van der Waals surface area contributed by atoms with Crippen molar-refractivity contribution in [1.82, 2.24) is 9.97 Å². The molecule has 0 bridgehead atoms. The summed E-state index contributed by atoms with van der Waals surface area (Å²) in [6.45, 7) is 8.94. The molecule has 0 unspecified atom stereocenters. The van der Waals surface area contributed by atoms with Crippen molar-refractivity contribution in [2.45, 2.75) is 39.5 Å². The number of nitrogens with zero attached hydrogens (tertiary/aromatic N) is 2. The minimum absolute atomic E-state index is 0.0738. The minimum atomic E-state index is -0.238. The maximum absolute atomic E-state index is 12.9. The van der Waals surface area contributed by atoms with Gasteiger partial charge in [0.2, 0.25) is 5.95 Å². The molecule has 0 radical (unpaired) electrons. The van der Waals surface area contributed by atoms with E-state index in [1.54, 1.807) is 6.07 Å². The van der Waals surface area contributed by atoms with E-state index in [2.05, 4.69) is 53.5 Å². The molecule has 2 aromatic carbocycles. The zero-order chi connectivity index (χ0) is 20.9. The largest absolute Gasteiger partial charge is 0.354 e. The number of carbonyl (C=O) groups excluding carboxylic acids is 1.